The molecule has 0 saturated heterocycles. The number of carbonyl (C=O) groups is 1. The molecule has 0 aromatic heterocycles. The smallest absolute Gasteiger partial charge is 0.137 e. The van der Waals surface area contributed by atoms with Gasteiger partial charge in [0.2, 0.25) is 0 Å². The Kier molecular flexibility index (Phi) is 3.30. The predicted octanol–water partition coefficient (Wildman–Crippen LogP) is 3.86. The van der Waals surface area contributed by atoms with Gasteiger partial charge in [-0.3, -0.25) is 0 Å². The van der Waals surface area contributed by atoms with E-state index >= 15 is 0 Å². The van der Waals surface area contributed by atoms with E-state index in [0.29, 0.717) is 6.42 Å². The zero-order valence-electron chi connectivity index (χ0n) is 10.4. The van der Waals surface area contributed by atoms with Crippen LogP contribution in [0.2, 0.25) is 0 Å². The minimum Gasteiger partial charge on any atom is -0.486 e. The number of benzene rings is 1. The van der Waals surface area contributed by atoms with Crippen LogP contribution in [-0.4, -0.2) is 11.9 Å². The Morgan fingerprint density at radius 1 is 1.53 bits per heavy atom. The van der Waals surface area contributed by atoms with Gasteiger partial charge in [0.15, 0.2) is 0 Å². The van der Waals surface area contributed by atoms with E-state index in [1.54, 1.807) is 0 Å². The molecule has 1 aromatic carbocycles. The molecule has 1 heterocycles. The molecule has 1 atom stereocenters. The Balaban J connectivity index is 2.36. The first-order valence-corrected chi connectivity index (χ1v) is 6.67. The van der Waals surface area contributed by atoms with Crippen molar-refractivity contribution in [3.8, 4) is 5.75 Å². The van der Waals surface area contributed by atoms with Crippen molar-refractivity contribution in [1.82, 2.24) is 0 Å². The summed E-state index contributed by atoms with van der Waals surface area (Å²) in [5.41, 5.74) is 2.30. The van der Waals surface area contributed by atoms with Gasteiger partial charge in [0.1, 0.15) is 17.6 Å². The number of hydrogen-bond donors (Lipinski definition) is 0. The van der Waals surface area contributed by atoms with Crippen molar-refractivity contribution in [1.29, 1.82) is 0 Å². The van der Waals surface area contributed by atoms with Gasteiger partial charge in [-0.1, -0.05) is 13.0 Å². The number of fused-ring (bicyclic) bond motifs is 1. The van der Waals surface area contributed by atoms with Crippen LogP contribution in [0.4, 0.5) is 0 Å². The second-order valence-electron chi connectivity index (χ2n) is 5.33. The van der Waals surface area contributed by atoms with Gasteiger partial charge in [-0.25, -0.2) is 0 Å². The second kappa shape index (κ2) is 4.45. The first kappa shape index (κ1) is 12.6. The van der Waals surface area contributed by atoms with E-state index in [0.717, 1.165) is 22.9 Å². The molecule has 0 radical (unpaired) electrons. The highest BCUT2D eigenvalue weighted by Crippen LogP contribution is 2.42. The molecule has 0 fully saturated rings. The van der Waals surface area contributed by atoms with Crippen molar-refractivity contribution in [3.63, 3.8) is 0 Å². The SMILES string of the molecule is CC(CC=O)c1cc(Br)c2c(c1)CC(C)(C)O2. The van der Waals surface area contributed by atoms with Crippen LogP contribution in [0.3, 0.4) is 0 Å². The van der Waals surface area contributed by atoms with Crippen LogP contribution in [0.15, 0.2) is 16.6 Å². The van der Waals surface area contributed by atoms with Crippen molar-refractivity contribution in [2.24, 2.45) is 0 Å². The maximum atomic E-state index is 10.6. The van der Waals surface area contributed by atoms with Gasteiger partial charge in [-0.2, -0.15) is 0 Å². The van der Waals surface area contributed by atoms with Gasteiger partial charge in [0, 0.05) is 12.8 Å². The van der Waals surface area contributed by atoms with Gasteiger partial charge in [-0.05, 0) is 52.9 Å². The van der Waals surface area contributed by atoms with Crippen LogP contribution in [0, 0.1) is 0 Å². The zero-order valence-corrected chi connectivity index (χ0v) is 12.0. The molecule has 3 heteroatoms. The van der Waals surface area contributed by atoms with E-state index in [-0.39, 0.29) is 11.5 Å². The van der Waals surface area contributed by atoms with Crippen LogP contribution in [-0.2, 0) is 11.2 Å². The molecular weight excluding hydrogens is 280 g/mol. The van der Waals surface area contributed by atoms with Gasteiger partial charge >= 0.3 is 0 Å². The largest absolute Gasteiger partial charge is 0.486 e. The molecule has 0 saturated carbocycles. The van der Waals surface area contributed by atoms with Crippen molar-refractivity contribution < 1.29 is 9.53 Å². The topological polar surface area (TPSA) is 26.3 Å². The number of rotatable bonds is 3. The Hall–Kier alpha value is -0.830. The third kappa shape index (κ3) is 2.54. The average Bonchev–Trinajstić information content (AvgIpc) is 2.53. The molecule has 2 rings (SSSR count). The third-order valence-electron chi connectivity index (χ3n) is 3.16. The molecule has 92 valence electrons. The molecule has 0 amide bonds. The van der Waals surface area contributed by atoms with Gasteiger partial charge in [0.25, 0.3) is 0 Å². The van der Waals surface area contributed by atoms with Gasteiger partial charge < -0.3 is 9.53 Å². The molecule has 2 nitrogen and oxygen atoms in total. The Bertz CT molecular complexity index is 452. The molecule has 0 bridgehead atoms. The quantitative estimate of drug-likeness (QED) is 0.792. The molecule has 1 aliphatic rings. The summed E-state index contributed by atoms with van der Waals surface area (Å²) in [4.78, 5) is 10.6. The molecule has 17 heavy (non-hydrogen) atoms. The van der Waals surface area contributed by atoms with Crippen molar-refractivity contribution in [2.75, 3.05) is 0 Å². The lowest BCUT2D eigenvalue weighted by Gasteiger charge is -2.17. The average molecular weight is 297 g/mol. The lowest BCUT2D eigenvalue weighted by atomic mass is 9.94. The van der Waals surface area contributed by atoms with Crippen LogP contribution < -0.4 is 4.74 Å². The first-order valence-electron chi connectivity index (χ1n) is 5.88. The van der Waals surface area contributed by atoms with E-state index in [1.165, 1.54) is 11.1 Å². The van der Waals surface area contributed by atoms with E-state index < -0.39 is 0 Å². The highest BCUT2D eigenvalue weighted by Gasteiger charge is 2.32. The summed E-state index contributed by atoms with van der Waals surface area (Å²) in [5.74, 6) is 1.22. The fourth-order valence-corrected chi connectivity index (χ4v) is 2.86. The lowest BCUT2D eigenvalue weighted by molar-refractivity contribution is -0.108. The van der Waals surface area contributed by atoms with E-state index in [4.69, 9.17) is 4.74 Å². The molecule has 1 aliphatic heterocycles. The van der Waals surface area contributed by atoms with Crippen molar-refractivity contribution in [3.05, 3.63) is 27.7 Å². The Morgan fingerprint density at radius 3 is 2.88 bits per heavy atom. The summed E-state index contributed by atoms with van der Waals surface area (Å²) >= 11 is 3.56. The van der Waals surface area contributed by atoms with E-state index in [9.17, 15) is 4.79 Å². The van der Waals surface area contributed by atoms with Crippen LogP contribution >= 0.6 is 15.9 Å². The third-order valence-corrected chi connectivity index (χ3v) is 3.75. The number of aldehydes is 1. The molecule has 0 aliphatic carbocycles. The van der Waals surface area contributed by atoms with Crippen molar-refractivity contribution >= 4 is 22.2 Å². The molecular formula is C14H17BrO2. The van der Waals surface area contributed by atoms with Crippen LogP contribution in [0.1, 0.15) is 44.2 Å². The summed E-state index contributed by atoms with van der Waals surface area (Å²) in [6.45, 7) is 6.26. The minimum absolute atomic E-state index is 0.128. The maximum absolute atomic E-state index is 10.6. The van der Waals surface area contributed by atoms with E-state index in [2.05, 4.69) is 48.8 Å². The van der Waals surface area contributed by atoms with Crippen LogP contribution in [0.25, 0.3) is 0 Å². The Labute approximate surface area is 110 Å². The fraction of sp³-hybridized carbons (Fsp3) is 0.500. The summed E-state index contributed by atoms with van der Waals surface area (Å²) in [7, 11) is 0. The number of hydrogen-bond acceptors (Lipinski definition) is 2. The molecule has 0 spiro atoms. The summed E-state index contributed by atoms with van der Waals surface area (Å²) in [6.07, 6.45) is 2.46. The minimum atomic E-state index is -0.128. The number of carbonyl (C=O) groups excluding carboxylic acids is 1. The molecule has 1 aromatic rings. The Morgan fingerprint density at radius 2 is 2.24 bits per heavy atom. The highest BCUT2D eigenvalue weighted by atomic mass is 79.9. The molecule has 1 unspecified atom stereocenters. The number of halogens is 1. The fourth-order valence-electron chi connectivity index (χ4n) is 2.26. The van der Waals surface area contributed by atoms with Gasteiger partial charge in [-0.15, -0.1) is 0 Å². The standard InChI is InChI=1S/C14H17BrO2/c1-9(4-5-16)10-6-11-8-14(2,3)17-13(11)12(15)7-10/h5-7,9H,4,8H2,1-3H3. The lowest BCUT2D eigenvalue weighted by Crippen LogP contribution is -2.24. The predicted molar refractivity (Wildman–Crippen MR) is 71.6 cm³/mol. The summed E-state index contributed by atoms with van der Waals surface area (Å²) in [6, 6.07) is 4.23. The maximum Gasteiger partial charge on any atom is 0.137 e. The summed E-state index contributed by atoms with van der Waals surface area (Å²) < 4.78 is 6.90. The highest BCUT2D eigenvalue weighted by molar-refractivity contribution is 9.10. The summed E-state index contributed by atoms with van der Waals surface area (Å²) in [5, 5.41) is 0. The van der Waals surface area contributed by atoms with Gasteiger partial charge in [0.05, 0.1) is 4.47 Å². The normalized spacial score (nSPS) is 18.4. The van der Waals surface area contributed by atoms with Crippen LogP contribution in [0.5, 0.6) is 5.75 Å². The second-order valence-corrected chi connectivity index (χ2v) is 6.19. The van der Waals surface area contributed by atoms with Crippen molar-refractivity contribution in [2.45, 2.75) is 45.1 Å². The number of ether oxygens (including phenoxy) is 1. The van der Waals surface area contributed by atoms with E-state index in [1.807, 2.05) is 0 Å². The molecule has 0 N–H and O–H groups in total. The first-order chi connectivity index (χ1) is 7.93. The monoisotopic (exact) mass is 296 g/mol. The zero-order chi connectivity index (χ0) is 12.6.